The highest BCUT2D eigenvalue weighted by molar-refractivity contribution is 5.20. The number of benzene rings is 1. The lowest BCUT2D eigenvalue weighted by Gasteiger charge is -2.27. The molecule has 1 unspecified atom stereocenters. The van der Waals surface area contributed by atoms with Gasteiger partial charge in [-0.3, -0.25) is 0 Å². The Bertz CT molecular complexity index is 350. The Labute approximate surface area is 110 Å². The molecule has 0 radical (unpaired) electrons. The largest absolute Gasteiger partial charge is 0.324 e. The van der Waals surface area contributed by atoms with Crippen LogP contribution in [0.25, 0.3) is 0 Å². The molecule has 1 rings (SSSR count). The van der Waals surface area contributed by atoms with Gasteiger partial charge in [0.15, 0.2) is 0 Å². The average Bonchev–Trinajstić information content (AvgIpc) is 2.38. The van der Waals surface area contributed by atoms with Crippen LogP contribution in [0.15, 0.2) is 24.3 Å². The summed E-state index contributed by atoms with van der Waals surface area (Å²) in [7, 11) is 2.12. The lowest BCUT2D eigenvalue weighted by atomic mass is 10.0. The van der Waals surface area contributed by atoms with Crippen molar-refractivity contribution in [1.82, 2.24) is 4.90 Å². The summed E-state index contributed by atoms with van der Waals surface area (Å²) in [4.78, 5) is 2.32. The maximum Gasteiger partial charge on any atom is 0.127 e. The van der Waals surface area contributed by atoms with Gasteiger partial charge < -0.3 is 10.6 Å². The van der Waals surface area contributed by atoms with Crippen LogP contribution in [0, 0.1) is 5.82 Å². The summed E-state index contributed by atoms with van der Waals surface area (Å²) < 4.78 is 13.6. The second kappa shape index (κ2) is 7.49. The van der Waals surface area contributed by atoms with Crippen LogP contribution in [-0.4, -0.2) is 24.5 Å². The third-order valence-electron chi connectivity index (χ3n) is 3.66. The van der Waals surface area contributed by atoms with Crippen molar-refractivity contribution in [2.45, 2.75) is 45.2 Å². The predicted molar refractivity (Wildman–Crippen MR) is 74.9 cm³/mol. The minimum absolute atomic E-state index is 0.199. The van der Waals surface area contributed by atoms with Crippen LogP contribution in [0.4, 0.5) is 4.39 Å². The quantitative estimate of drug-likeness (QED) is 0.806. The van der Waals surface area contributed by atoms with Crippen molar-refractivity contribution in [3.63, 3.8) is 0 Å². The Kier molecular flexibility index (Phi) is 6.30. The van der Waals surface area contributed by atoms with Gasteiger partial charge in [0.25, 0.3) is 0 Å². The monoisotopic (exact) mass is 252 g/mol. The first-order valence-corrected chi connectivity index (χ1v) is 6.80. The van der Waals surface area contributed by atoms with E-state index in [9.17, 15) is 4.39 Å². The molecule has 2 N–H and O–H groups in total. The third-order valence-corrected chi connectivity index (χ3v) is 3.66. The van der Waals surface area contributed by atoms with Crippen LogP contribution in [0.1, 0.15) is 44.7 Å². The summed E-state index contributed by atoms with van der Waals surface area (Å²) in [5.74, 6) is -0.199. The molecule has 0 fully saturated rings. The molecule has 1 atom stereocenters. The van der Waals surface area contributed by atoms with Crippen molar-refractivity contribution in [3.05, 3.63) is 35.6 Å². The molecular formula is C15H25FN2. The molecule has 2 nitrogen and oxygen atoms in total. The standard InChI is InChI=1S/C15H25FN2/c1-4-12(5-2)18(3)11-10-15(17)13-8-6-7-9-14(13)16/h6-9,12,15H,4-5,10-11,17H2,1-3H3. The molecule has 0 aliphatic heterocycles. The lowest BCUT2D eigenvalue weighted by Crippen LogP contribution is -2.33. The summed E-state index contributed by atoms with van der Waals surface area (Å²) in [6.07, 6.45) is 3.07. The van der Waals surface area contributed by atoms with Gasteiger partial charge in [-0.15, -0.1) is 0 Å². The van der Waals surface area contributed by atoms with E-state index in [0.717, 1.165) is 25.8 Å². The van der Waals surface area contributed by atoms with Crippen LogP contribution in [0.5, 0.6) is 0 Å². The number of hydrogen-bond donors (Lipinski definition) is 1. The first-order chi connectivity index (χ1) is 8.60. The maximum absolute atomic E-state index is 13.6. The molecule has 0 amide bonds. The number of halogens is 1. The molecule has 3 heteroatoms. The topological polar surface area (TPSA) is 29.3 Å². The van der Waals surface area contributed by atoms with Gasteiger partial charge in [-0.1, -0.05) is 32.0 Å². The zero-order valence-electron chi connectivity index (χ0n) is 11.7. The fraction of sp³-hybridized carbons (Fsp3) is 0.600. The van der Waals surface area contributed by atoms with Crippen molar-refractivity contribution in [1.29, 1.82) is 0 Å². The van der Waals surface area contributed by atoms with Crippen LogP contribution >= 0.6 is 0 Å². The van der Waals surface area contributed by atoms with E-state index in [2.05, 4.69) is 25.8 Å². The molecule has 18 heavy (non-hydrogen) atoms. The second-order valence-electron chi connectivity index (χ2n) is 4.87. The fourth-order valence-corrected chi connectivity index (χ4v) is 2.37. The van der Waals surface area contributed by atoms with Gasteiger partial charge in [0.2, 0.25) is 0 Å². The van der Waals surface area contributed by atoms with E-state index in [1.54, 1.807) is 12.1 Å². The van der Waals surface area contributed by atoms with E-state index in [1.165, 1.54) is 6.07 Å². The Hall–Kier alpha value is -0.930. The molecule has 0 aliphatic rings. The predicted octanol–water partition coefficient (Wildman–Crippen LogP) is 3.34. The van der Waals surface area contributed by atoms with Gasteiger partial charge in [-0.05, 0) is 38.9 Å². The summed E-state index contributed by atoms with van der Waals surface area (Å²) in [5.41, 5.74) is 6.68. The van der Waals surface area contributed by atoms with Crippen LogP contribution in [-0.2, 0) is 0 Å². The van der Waals surface area contributed by atoms with Crippen LogP contribution < -0.4 is 5.73 Å². The van der Waals surface area contributed by atoms with E-state index in [4.69, 9.17) is 5.73 Å². The van der Waals surface area contributed by atoms with Crippen molar-refractivity contribution < 1.29 is 4.39 Å². The molecule has 0 bridgehead atoms. The van der Waals surface area contributed by atoms with Crippen LogP contribution in [0.2, 0.25) is 0 Å². The highest BCUT2D eigenvalue weighted by Crippen LogP contribution is 2.18. The molecule has 0 heterocycles. The lowest BCUT2D eigenvalue weighted by molar-refractivity contribution is 0.221. The maximum atomic E-state index is 13.6. The second-order valence-corrected chi connectivity index (χ2v) is 4.87. The average molecular weight is 252 g/mol. The molecule has 1 aromatic carbocycles. The SMILES string of the molecule is CCC(CC)N(C)CCC(N)c1ccccc1F. The summed E-state index contributed by atoms with van der Waals surface area (Å²) in [6.45, 7) is 5.30. The highest BCUT2D eigenvalue weighted by Gasteiger charge is 2.14. The van der Waals surface area contributed by atoms with Crippen molar-refractivity contribution >= 4 is 0 Å². The Morgan fingerprint density at radius 1 is 1.22 bits per heavy atom. The van der Waals surface area contributed by atoms with Gasteiger partial charge in [0, 0.05) is 17.6 Å². The highest BCUT2D eigenvalue weighted by atomic mass is 19.1. The Morgan fingerprint density at radius 2 is 1.83 bits per heavy atom. The van der Waals surface area contributed by atoms with E-state index in [0.29, 0.717) is 11.6 Å². The Morgan fingerprint density at radius 3 is 2.39 bits per heavy atom. The first-order valence-electron chi connectivity index (χ1n) is 6.80. The Balaban J connectivity index is 2.51. The van der Waals surface area contributed by atoms with E-state index >= 15 is 0 Å². The zero-order valence-corrected chi connectivity index (χ0v) is 11.7. The van der Waals surface area contributed by atoms with Gasteiger partial charge in [0.1, 0.15) is 5.82 Å². The number of hydrogen-bond acceptors (Lipinski definition) is 2. The minimum Gasteiger partial charge on any atom is -0.324 e. The van der Waals surface area contributed by atoms with Gasteiger partial charge in [-0.25, -0.2) is 4.39 Å². The molecule has 0 aliphatic carbocycles. The van der Waals surface area contributed by atoms with E-state index in [-0.39, 0.29) is 11.9 Å². The van der Waals surface area contributed by atoms with E-state index < -0.39 is 0 Å². The normalized spacial score (nSPS) is 13.3. The third kappa shape index (κ3) is 4.07. The fourth-order valence-electron chi connectivity index (χ4n) is 2.37. The first kappa shape index (κ1) is 15.1. The summed E-state index contributed by atoms with van der Waals surface area (Å²) >= 11 is 0. The minimum atomic E-state index is -0.219. The molecule has 0 aromatic heterocycles. The molecule has 1 aromatic rings. The number of nitrogens with two attached hydrogens (primary N) is 1. The number of rotatable bonds is 7. The summed E-state index contributed by atoms with van der Waals surface area (Å²) in [5, 5.41) is 0. The summed E-state index contributed by atoms with van der Waals surface area (Å²) in [6, 6.07) is 7.16. The van der Waals surface area contributed by atoms with Crippen molar-refractivity contribution in [3.8, 4) is 0 Å². The van der Waals surface area contributed by atoms with Crippen molar-refractivity contribution in [2.75, 3.05) is 13.6 Å². The van der Waals surface area contributed by atoms with E-state index in [1.807, 2.05) is 6.07 Å². The molecule has 0 saturated carbocycles. The molecular weight excluding hydrogens is 227 g/mol. The van der Waals surface area contributed by atoms with Crippen LogP contribution in [0.3, 0.4) is 0 Å². The molecule has 0 saturated heterocycles. The van der Waals surface area contributed by atoms with Gasteiger partial charge in [-0.2, -0.15) is 0 Å². The van der Waals surface area contributed by atoms with Crippen molar-refractivity contribution in [2.24, 2.45) is 5.73 Å². The smallest absolute Gasteiger partial charge is 0.127 e. The molecule has 0 spiro atoms. The zero-order chi connectivity index (χ0) is 13.5. The van der Waals surface area contributed by atoms with Gasteiger partial charge >= 0.3 is 0 Å². The molecule has 102 valence electrons. The number of nitrogens with zero attached hydrogens (tertiary/aromatic N) is 1. The van der Waals surface area contributed by atoms with Gasteiger partial charge in [0.05, 0.1) is 0 Å².